The fourth-order valence-electron chi connectivity index (χ4n) is 2.04. The van der Waals surface area contributed by atoms with Crippen LogP contribution in [0.2, 0.25) is 0 Å². The summed E-state index contributed by atoms with van der Waals surface area (Å²) in [4.78, 5) is 4.57. The van der Waals surface area contributed by atoms with Gasteiger partial charge < -0.3 is 14.8 Å². The maximum absolute atomic E-state index is 5.93. The molecule has 4 heteroatoms. The third kappa shape index (κ3) is 6.35. The van der Waals surface area contributed by atoms with Crippen LogP contribution in [-0.4, -0.2) is 31.9 Å². The van der Waals surface area contributed by atoms with Gasteiger partial charge in [-0.15, -0.1) is 0 Å². The Morgan fingerprint density at radius 1 is 1.35 bits per heavy atom. The summed E-state index contributed by atoms with van der Waals surface area (Å²) >= 11 is 0. The van der Waals surface area contributed by atoms with Crippen LogP contribution in [0, 0.1) is 12.8 Å². The van der Waals surface area contributed by atoms with Crippen LogP contribution in [-0.2, 0) is 11.3 Å². The van der Waals surface area contributed by atoms with Crippen molar-refractivity contribution in [3.63, 3.8) is 0 Å². The Balaban J connectivity index is 2.55. The average Bonchev–Trinajstić information content (AvgIpc) is 2.43. The number of pyridine rings is 1. The highest BCUT2D eigenvalue weighted by Gasteiger charge is 2.08. The van der Waals surface area contributed by atoms with E-state index in [9.17, 15) is 0 Å². The summed E-state index contributed by atoms with van der Waals surface area (Å²) in [6, 6.07) is 4.02. The number of methoxy groups -OCH3 is 1. The lowest BCUT2D eigenvalue weighted by Gasteiger charge is -2.15. The molecule has 0 fully saturated rings. The molecule has 1 unspecified atom stereocenters. The van der Waals surface area contributed by atoms with Gasteiger partial charge in [0.1, 0.15) is 5.75 Å². The Hall–Kier alpha value is -1.13. The second kappa shape index (κ2) is 9.72. The van der Waals surface area contributed by atoms with Crippen molar-refractivity contribution in [3.05, 3.63) is 23.5 Å². The number of ether oxygens (including phenoxy) is 2. The van der Waals surface area contributed by atoms with E-state index in [2.05, 4.69) is 24.1 Å². The number of hydrogen-bond donors (Lipinski definition) is 1. The molecule has 0 radical (unpaired) electrons. The first-order valence-corrected chi connectivity index (χ1v) is 7.46. The van der Waals surface area contributed by atoms with Gasteiger partial charge in [-0.1, -0.05) is 20.3 Å². The van der Waals surface area contributed by atoms with Crippen molar-refractivity contribution in [1.82, 2.24) is 10.3 Å². The summed E-state index contributed by atoms with van der Waals surface area (Å²) in [6.45, 7) is 9.42. The second-order valence-corrected chi connectivity index (χ2v) is 5.27. The Kier molecular flexibility index (Phi) is 8.23. The maximum atomic E-state index is 5.93. The second-order valence-electron chi connectivity index (χ2n) is 5.27. The largest absolute Gasteiger partial charge is 0.491 e. The lowest BCUT2D eigenvalue weighted by Crippen LogP contribution is -2.20. The Morgan fingerprint density at radius 2 is 2.15 bits per heavy atom. The number of rotatable bonds is 10. The molecule has 0 aliphatic carbocycles. The van der Waals surface area contributed by atoms with E-state index in [1.165, 1.54) is 12.8 Å². The molecule has 1 heterocycles. The Morgan fingerprint density at radius 3 is 2.85 bits per heavy atom. The monoisotopic (exact) mass is 280 g/mol. The normalized spacial score (nSPS) is 12.4. The molecule has 0 saturated heterocycles. The molecular formula is C16H28N2O2. The molecule has 0 aliphatic rings. The van der Waals surface area contributed by atoms with Crippen LogP contribution in [0.5, 0.6) is 5.75 Å². The van der Waals surface area contributed by atoms with Crippen LogP contribution in [0.25, 0.3) is 0 Å². The molecule has 1 aromatic heterocycles. The van der Waals surface area contributed by atoms with E-state index >= 15 is 0 Å². The van der Waals surface area contributed by atoms with E-state index in [4.69, 9.17) is 9.47 Å². The molecule has 1 atom stereocenters. The third-order valence-corrected chi connectivity index (χ3v) is 3.15. The van der Waals surface area contributed by atoms with Gasteiger partial charge in [-0.25, -0.2) is 0 Å². The van der Waals surface area contributed by atoms with E-state index in [1.54, 1.807) is 7.11 Å². The standard InChI is InChI=1S/C16H28N2O2/c1-5-6-13(2)12-20-16-8-7-14(3)18-15(16)11-17-9-10-19-4/h7-8,13,17H,5-6,9-12H2,1-4H3. The van der Waals surface area contributed by atoms with Gasteiger partial charge in [0.25, 0.3) is 0 Å². The van der Waals surface area contributed by atoms with Crippen molar-refractivity contribution >= 4 is 0 Å². The van der Waals surface area contributed by atoms with Crippen LogP contribution in [0.1, 0.15) is 38.1 Å². The highest BCUT2D eigenvalue weighted by molar-refractivity contribution is 5.29. The van der Waals surface area contributed by atoms with Gasteiger partial charge in [0, 0.05) is 25.9 Å². The topological polar surface area (TPSA) is 43.4 Å². The van der Waals surface area contributed by atoms with Gasteiger partial charge in [0.2, 0.25) is 0 Å². The smallest absolute Gasteiger partial charge is 0.142 e. The predicted octanol–water partition coefficient (Wildman–Crippen LogP) is 2.94. The molecule has 1 aromatic rings. The molecule has 4 nitrogen and oxygen atoms in total. The third-order valence-electron chi connectivity index (χ3n) is 3.15. The molecule has 0 amide bonds. The highest BCUT2D eigenvalue weighted by atomic mass is 16.5. The van der Waals surface area contributed by atoms with E-state index in [-0.39, 0.29) is 0 Å². The molecule has 0 saturated carbocycles. The molecule has 0 bridgehead atoms. The number of hydrogen-bond acceptors (Lipinski definition) is 4. The molecule has 0 spiro atoms. The first-order chi connectivity index (χ1) is 9.67. The van der Waals surface area contributed by atoms with Crippen LogP contribution in [0.3, 0.4) is 0 Å². The minimum Gasteiger partial charge on any atom is -0.491 e. The summed E-state index contributed by atoms with van der Waals surface area (Å²) in [5.41, 5.74) is 1.99. The van der Waals surface area contributed by atoms with Crippen LogP contribution in [0.4, 0.5) is 0 Å². The summed E-state index contributed by atoms with van der Waals surface area (Å²) in [6.07, 6.45) is 2.39. The van der Waals surface area contributed by atoms with Crippen molar-refractivity contribution in [2.75, 3.05) is 26.9 Å². The predicted molar refractivity (Wildman–Crippen MR) is 82.1 cm³/mol. The minimum absolute atomic E-state index is 0.579. The fourth-order valence-corrected chi connectivity index (χ4v) is 2.04. The zero-order valence-corrected chi connectivity index (χ0v) is 13.2. The molecule has 0 aliphatic heterocycles. The summed E-state index contributed by atoms with van der Waals surface area (Å²) in [5.74, 6) is 1.47. The van der Waals surface area contributed by atoms with E-state index in [0.29, 0.717) is 19.1 Å². The Bertz CT molecular complexity index is 383. The highest BCUT2D eigenvalue weighted by Crippen LogP contribution is 2.18. The van der Waals surface area contributed by atoms with Crippen molar-refractivity contribution in [2.45, 2.75) is 40.2 Å². The van der Waals surface area contributed by atoms with Gasteiger partial charge in [0.05, 0.1) is 18.9 Å². The molecule has 1 rings (SSSR count). The SMILES string of the molecule is CCCC(C)COc1ccc(C)nc1CNCCOC. The van der Waals surface area contributed by atoms with E-state index < -0.39 is 0 Å². The Labute approximate surface area is 122 Å². The molecule has 1 N–H and O–H groups in total. The fraction of sp³-hybridized carbons (Fsp3) is 0.688. The molecular weight excluding hydrogens is 252 g/mol. The van der Waals surface area contributed by atoms with Gasteiger partial charge in [-0.3, -0.25) is 4.98 Å². The van der Waals surface area contributed by atoms with Crippen LogP contribution < -0.4 is 10.1 Å². The zero-order chi connectivity index (χ0) is 14.8. The number of nitrogens with zero attached hydrogens (tertiary/aromatic N) is 1. The van der Waals surface area contributed by atoms with Crippen molar-refractivity contribution in [1.29, 1.82) is 0 Å². The number of aryl methyl sites for hydroxylation is 1. The maximum Gasteiger partial charge on any atom is 0.142 e. The van der Waals surface area contributed by atoms with Gasteiger partial charge >= 0.3 is 0 Å². The zero-order valence-electron chi connectivity index (χ0n) is 13.2. The van der Waals surface area contributed by atoms with Crippen LogP contribution in [0.15, 0.2) is 12.1 Å². The first kappa shape index (κ1) is 16.9. The lowest BCUT2D eigenvalue weighted by molar-refractivity contribution is 0.198. The van der Waals surface area contributed by atoms with Gasteiger partial charge in [-0.05, 0) is 31.4 Å². The number of aromatic nitrogens is 1. The molecule has 114 valence electrons. The van der Waals surface area contributed by atoms with Crippen molar-refractivity contribution < 1.29 is 9.47 Å². The lowest BCUT2D eigenvalue weighted by atomic mass is 10.1. The van der Waals surface area contributed by atoms with Crippen LogP contribution >= 0.6 is 0 Å². The summed E-state index contributed by atoms with van der Waals surface area (Å²) < 4.78 is 11.0. The van der Waals surface area contributed by atoms with E-state index in [0.717, 1.165) is 30.3 Å². The first-order valence-electron chi connectivity index (χ1n) is 7.46. The average molecular weight is 280 g/mol. The van der Waals surface area contributed by atoms with Crippen molar-refractivity contribution in [3.8, 4) is 5.75 Å². The minimum atomic E-state index is 0.579. The number of nitrogens with one attached hydrogen (secondary N) is 1. The quantitative estimate of drug-likeness (QED) is 0.669. The van der Waals surface area contributed by atoms with E-state index in [1.807, 2.05) is 19.1 Å². The molecule has 20 heavy (non-hydrogen) atoms. The van der Waals surface area contributed by atoms with Crippen molar-refractivity contribution in [2.24, 2.45) is 5.92 Å². The van der Waals surface area contributed by atoms with Gasteiger partial charge in [-0.2, -0.15) is 0 Å². The molecule has 0 aromatic carbocycles. The van der Waals surface area contributed by atoms with Gasteiger partial charge in [0.15, 0.2) is 0 Å². The summed E-state index contributed by atoms with van der Waals surface area (Å²) in [5, 5.41) is 3.32. The summed E-state index contributed by atoms with van der Waals surface area (Å²) in [7, 11) is 1.70.